The van der Waals surface area contributed by atoms with Gasteiger partial charge in [0.2, 0.25) is 5.91 Å². The molecule has 3 heteroatoms. The summed E-state index contributed by atoms with van der Waals surface area (Å²) in [6, 6.07) is 0. The maximum absolute atomic E-state index is 12.4. The van der Waals surface area contributed by atoms with Gasteiger partial charge in [-0.25, -0.2) is 0 Å². The number of piperidine rings is 1. The van der Waals surface area contributed by atoms with Crippen LogP contribution in [0.2, 0.25) is 0 Å². The molecule has 2 aliphatic heterocycles. The highest BCUT2D eigenvalue weighted by Gasteiger charge is 2.43. The van der Waals surface area contributed by atoms with Crippen LogP contribution in [0.15, 0.2) is 0 Å². The number of hydrogen-bond donors (Lipinski definition) is 1. The molecule has 0 radical (unpaired) electrons. The van der Waals surface area contributed by atoms with Gasteiger partial charge in [-0.3, -0.25) is 4.79 Å². The molecule has 1 amide bonds. The molecule has 0 bridgehead atoms. The lowest BCUT2D eigenvalue weighted by atomic mass is 9.69. The predicted molar refractivity (Wildman–Crippen MR) is 67.6 cm³/mol. The van der Waals surface area contributed by atoms with Gasteiger partial charge in [-0.05, 0) is 50.6 Å². The van der Waals surface area contributed by atoms with Gasteiger partial charge in [0, 0.05) is 18.5 Å². The van der Waals surface area contributed by atoms with Gasteiger partial charge in [0.05, 0.1) is 0 Å². The molecule has 1 saturated carbocycles. The lowest BCUT2D eigenvalue weighted by Gasteiger charge is -2.45. The van der Waals surface area contributed by atoms with E-state index in [1.807, 2.05) is 0 Å². The van der Waals surface area contributed by atoms with Gasteiger partial charge in [0.25, 0.3) is 0 Å². The molecular weight excluding hydrogens is 212 g/mol. The lowest BCUT2D eigenvalue weighted by Crippen LogP contribution is -2.52. The standard InChI is InChI=1S/C14H24N2O/c1-14(5-2-6-14)13(17)16-7-3-11(4-8-16)12-9-15-10-12/h11-12,15H,2-10H2,1H3. The van der Waals surface area contributed by atoms with E-state index in [-0.39, 0.29) is 5.41 Å². The zero-order chi connectivity index (χ0) is 11.9. The Morgan fingerprint density at radius 3 is 2.24 bits per heavy atom. The predicted octanol–water partition coefficient (Wildman–Crippen LogP) is 1.63. The Morgan fingerprint density at radius 2 is 1.82 bits per heavy atom. The van der Waals surface area contributed by atoms with Crippen LogP contribution in [0.4, 0.5) is 0 Å². The number of carbonyl (C=O) groups excluding carboxylic acids is 1. The number of nitrogens with one attached hydrogen (secondary N) is 1. The van der Waals surface area contributed by atoms with Crippen molar-refractivity contribution in [1.82, 2.24) is 10.2 Å². The number of hydrogen-bond acceptors (Lipinski definition) is 2. The summed E-state index contributed by atoms with van der Waals surface area (Å²) in [5, 5.41) is 3.35. The van der Waals surface area contributed by atoms with E-state index in [1.165, 1.54) is 32.4 Å². The molecule has 0 aromatic carbocycles. The van der Waals surface area contributed by atoms with E-state index >= 15 is 0 Å². The van der Waals surface area contributed by atoms with Gasteiger partial charge >= 0.3 is 0 Å². The van der Waals surface area contributed by atoms with Crippen LogP contribution < -0.4 is 5.32 Å². The molecule has 96 valence electrons. The topological polar surface area (TPSA) is 32.3 Å². The highest BCUT2D eigenvalue weighted by atomic mass is 16.2. The third kappa shape index (κ3) is 1.99. The summed E-state index contributed by atoms with van der Waals surface area (Å²) in [5.74, 6) is 2.20. The van der Waals surface area contributed by atoms with E-state index in [9.17, 15) is 4.79 Å². The summed E-state index contributed by atoms with van der Waals surface area (Å²) in [4.78, 5) is 14.5. The highest BCUT2D eigenvalue weighted by Crippen LogP contribution is 2.42. The van der Waals surface area contributed by atoms with Crippen LogP contribution in [0.1, 0.15) is 39.0 Å². The fraction of sp³-hybridized carbons (Fsp3) is 0.929. The van der Waals surface area contributed by atoms with Crippen molar-refractivity contribution in [1.29, 1.82) is 0 Å². The molecule has 3 rings (SSSR count). The summed E-state index contributed by atoms with van der Waals surface area (Å²) < 4.78 is 0. The van der Waals surface area contributed by atoms with E-state index < -0.39 is 0 Å². The van der Waals surface area contributed by atoms with E-state index in [4.69, 9.17) is 0 Å². The number of carbonyl (C=O) groups is 1. The maximum Gasteiger partial charge on any atom is 0.228 e. The smallest absolute Gasteiger partial charge is 0.228 e. The molecule has 3 fully saturated rings. The molecule has 3 nitrogen and oxygen atoms in total. The van der Waals surface area contributed by atoms with Crippen molar-refractivity contribution in [2.45, 2.75) is 39.0 Å². The monoisotopic (exact) mass is 236 g/mol. The summed E-state index contributed by atoms with van der Waals surface area (Å²) in [6.45, 7) is 6.58. The Kier molecular flexibility index (Phi) is 2.89. The molecule has 0 atom stereocenters. The van der Waals surface area contributed by atoms with Crippen LogP contribution in [0.3, 0.4) is 0 Å². The fourth-order valence-electron chi connectivity index (χ4n) is 3.52. The zero-order valence-electron chi connectivity index (χ0n) is 10.9. The maximum atomic E-state index is 12.4. The van der Waals surface area contributed by atoms with Crippen molar-refractivity contribution in [2.24, 2.45) is 17.3 Å². The number of likely N-dealkylation sites (tertiary alicyclic amines) is 1. The molecule has 1 N–H and O–H groups in total. The van der Waals surface area contributed by atoms with Gasteiger partial charge in [0.1, 0.15) is 0 Å². The molecule has 0 unspecified atom stereocenters. The Labute approximate surface area is 104 Å². The van der Waals surface area contributed by atoms with Crippen molar-refractivity contribution >= 4 is 5.91 Å². The molecule has 17 heavy (non-hydrogen) atoms. The molecule has 3 aliphatic rings. The molecular formula is C14H24N2O. The molecule has 1 aliphatic carbocycles. The molecule has 2 heterocycles. The van der Waals surface area contributed by atoms with E-state index in [2.05, 4.69) is 17.1 Å². The van der Waals surface area contributed by atoms with Crippen molar-refractivity contribution in [3.8, 4) is 0 Å². The van der Waals surface area contributed by atoms with E-state index in [0.29, 0.717) is 5.91 Å². The summed E-state index contributed by atoms with van der Waals surface area (Å²) >= 11 is 0. The van der Waals surface area contributed by atoms with Crippen molar-refractivity contribution in [2.75, 3.05) is 26.2 Å². The Bertz CT molecular complexity index is 299. The molecule has 0 spiro atoms. The lowest BCUT2D eigenvalue weighted by molar-refractivity contribution is -0.147. The van der Waals surface area contributed by atoms with Gasteiger partial charge in [0.15, 0.2) is 0 Å². The zero-order valence-corrected chi connectivity index (χ0v) is 10.9. The quantitative estimate of drug-likeness (QED) is 0.790. The first-order valence-corrected chi connectivity index (χ1v) is 7.19. The first-order valence-electron chi connectivity index (χ1n) is 7.19. The highest BCUT2D eigenvalue weighted by molar-refractivity contribution is 5.83. The van der Waals surface area contributed by atoms with Gasteiger partial charge in [-0.1, -0.05) is 13.3 Å². The Hall–Kier alpha value is -0.570. The van der Waals surface area contributed by atoms with Crippen LogP contribution in [0.5, 0.6) is 0 Å². The minimum Gasteiger partial charge on any atom is -0.342 e. The third-order valence-electron chi connectivity index (χ3n) is 5.28. The van der Waals surface area contributed by atoms with Crippen LogP contribution >= 0.6 is 0 Å². The van der Waals surface area contributed by atoms with Crippen molar-refractivity contribution in [3.05, 3.63) is 0 Å². The molecule has 0 aromatic rings. The van der Waals surface area contributed by atoms with Gasteiger partial charge in [-0.15, -0.1) is 0 Å². The normalized spacial score (nSPS) is 29.6. The Morgan fingerprint density at radius 1 is 1.18 bits per heavy atom. The van der Waals surface area contributed by atoms with Gasteiger partial charge in [-0.2, -0.15) is 0 Å². The first kappa shape index (κ1) is 11.5. The average molecular weight is 236 g/mol. The second-order valence-electron chi connectivity index (χ2n) is 6.46. The third-order valence-corrected chi connectivity index (χ3v) is 5.28. The second-order valence-corrected chi connectivity index (χ2v) is 6.46. The van der Waals surface area contributed by atoms with E-state index in [0.717, 1.165) is 37.8 Å². The minimum atomic E-state index is 0.00482. The SMILES string of the molecule is CC1(C(=O)N2CCC(C3CNC3)CC2)CCC1. The second kappa shape index (κ2) is 4.27. The number of rotatable bonds is 2. The number of amides is 1. The van der Waals surface area contributed by atoms with E-state index in [1.54, 1.807) is 0 Å². The van der Waals surface area contributed by atoms with Crippen LogP contribution in [-0.2, 0) is 4.79 Å². The first-order chi connectivity index (χ1) is 8.19. The minimum absolute atomic E-state index is 0.00482. The van der Waals surface area contributed by atoms with Crippen LogP contribution in [0.25, 0.3) is 0 Å². The fourth-order valence-corrected chi connectivity index (χ4v) is 3.52. The summed E-state index contributed by atoms with van der Waals surface area (Å²) in [7, 11) is 0. The summed E-state index contributed by atoms with van der Waals surface area (Å²) in [6.07, 6.45) is 5.92. The number of nitrogens with zero attached hydrogens (tertiary/aromatic N) is 1. The van der Waals surface area contributed by atoms with Crippen LogP contribution in [0, 0.1) is 17.3 Å². The van der Waals surface area contributed by atoms with Crippen molar-refractivity contribution in [3.63, 3.8) is 0 Å². The van der Waals surface area contributed by atoms with Gasteiger partial charge < -0.3 is 10.2 Å². The average Bonchev–Trinajstić information content (AvgIpc) is 2.24. The van der Waals surface area contributed by atoms with Crippen LogP contribution in [-0.4, -0.2) is 37.0 Å². The summed E-state index contributed by atoms with van der Waals surface area (Å²) in [5.41, 5.74) is 0.00482. The largest absolute Gasteiger partial charge is 0.342 e. The molecule has 0 aromatic heterocycles. The molecule has 2 saturated heterocycles. The Balaban J connectivity index is 1.52. The van der Waals surface area contributed by atoms with Crippen molar-refractivity contribution < 1.29 is 4.79 Å².